The number of amides is 2. The van der Waals surface area contributed by atoms with Gasteiger partial charge in [-0.3, -0.25) is 9.59 Å². The number of hydrogen-bond donors (Lipinski definition) is 1. The third kappa shape index (κ3) is 3.41. The third-order valence-corrected chi connectivity index (χ3v) is 3.89. The summed E-state index contributed by atoms with van der Waals surface area (Å²) in [7, 11) is 0. The van der Waals surface area contributed by atoms with Crippen molar-refractivity contribution < 1.29 is 18.4 Å². The summed E-state index contributed by atoms with van der Waals surface area (Å²) >= 11 is 0. The van der Waals surface area contributed by atoms with Crippen molar-refractivity contribution in [2.24, 2.45) is 5.92 Å². The third-order valence-electron chi connectivity index (χ3n) is 3.89. The molecular weight excluding hydrogens is 299 g/mol. The van der Waals surface area contributed by atoms with Crippen LogP contribution in [0.25, 0.3) is 0 Å². The van der Waals surface area contributed by atoms with Crippen LogP contribution in [0.5, 0.6) is 0 Å². The van der Waals surface area contributed by atoms with Gasteiger partial charge in [0.25, 0.3) is 0 Å². The van der Waals surface area contributed by atoms with Gasteiger partial charge in [-0.15, -0.1) is 0 Å². The van der Waals surface area contributed by atoms with Crippen LogP contribution in [0.15, 0.2) is 41.0 Å². The molecule has 3 rings (SSSR count). The van der Waals surface area contributed by atoms with E-state index >= 15 is 0 Å². The topological polar surface area (TPSA) is 62.6 Å². The largest absolute Gasteiger partial charge is 0.467 e. The molecule has 1 saturated heterocycles. The van der Waals surface area contributed by atoms with E-state index in [9.17, 15) is 14.0 Å². The van der Waals surface area contributed by atoms with Crippen LogP contribution >= 0.6 is 0 Å². The molecule has 1 unspecified atom stereocenters. The first kappa shape index (κ1) is 15.3. The molecule has 6 heteroatoms. The molecule has 0 radical (unpaired) electrons. The first-order valence-electron chi connectivity index (χ1n) is 7.40. The summed E-state index contributed by atoms with van der Waals surface area (Å²) in [6.45, 7) is 2.42. The number of benzene rings is 1. The minimum Gasteiger partial charge on any atom is -0.467 e. The van der Waals surface area contributed by atoms with Crippen LogP contribution in [0.4, 0.5) is 10.1 Å². The Kier molecular flexibility index (Phi) is 4.14. The van der Waals surface area contributed by atoms with Crippen LogP contribution in [0.1, 0.15) is 17.7 Å². The van der Waals surface area contributed by atoms with E-state index in [0.29, 0.717) is 18.8 Å². The fourth-order valence-electron chi connectivity index (χ4n) is 2.65. The molecule has 1 aromatic carbocycles. The van der Waals surface area contributed by atoms with Gasteiger partial charge in [-0.2, -0.15) is 0 Å². The second-order valence-corrected chi connectivity index (χ2v) is 5.73. The van der Waals surface area contributed by atoms with E-state index in [1.54, 1.807) is 36.3 Å². The lowest BCUT2D eigenvalue weighted by molar-refractivity contribution is -0.128. The molecule has 23 heavy (non-hydrogen) atoms. The van der Waals surface area contributed by atoms with Crippen molar-refractivity contribution in [1.29, 1.82) is 0 Å². The molecule has 1 aliphatic heterocycles. The van der Waals surface area contributed by atoms with E-state index in [0.717, 1.165) is 5.56 Å². The zero-order valence-electron chi connectivity index (χ0n) is 12.7. The predicted molar refractivity (Wildman–Crippen MR) is 82.0 cm³/mol. The molecule has 0 spiro atoms. The number of aryl methyl sites for hydroxylation is 1. The van der Waals surface area contributed by atoms with Gasteiger partial charge in [-0.05, 0) is 36.8 Å². The number of anilines is 1. The average molecular weight is 316 g/mol. The second-order valence-electron chi connectivity index (χ2n) is 5.73. The second kappa shape index (κ2) is 6.24. The number of likely N-dealkylation sites (tertiary alicyclic amines) is 1. The van der Waals surface area contributed by atoms with Crippen LogP contribution in [-0.2, 0) is 16.1 Å². The number of furan rings is 1. The van der Waals surface area contributed by atoms with Gasteiger partial charge < -0.3 is 14.6 Å². The Morgan fingerprint density at radius 1 is 1.43 bits per heavy atom. The zero-order valence-corrected chi connectivity index (χ0v) is 12.7. The summed E-state index contributed by atoms with van der Waals surface area (Å²) in [5.74, 6) is -0.744. The number of hydrogen-bond acceptors (Lipinski definition) is 3. The number of nitrogens with zero attached hydrogens (tertiary/aromatic N) is 1. The molecule has 0 aliphatic carbocycles. The van der Waals surface area contributed by atoms with Gasteiger partial charge in [0.2, 0.25) is 11.8 Å². The van der Waals surface area contributed by atoms with Crippen molar-refractivity contribution in [1.82, 2.24) is 4.90 Å². The van der Waals surface area contributed by atoms with Gasteiger partial charge in [-0.1, -0.05) is 6.07 Å². The van der Waals surface area contributed by atoms with Crippen molar-refractivity contribution in [3.8, 4) is 0 Å². The smallest absolute Gasteiger partial charge is 0.229 e. The maximum Gasteiger partial charge on any atom is 0.229 e. The van der Waals surface area contributed by atoms with Gasteiger partial charge in [0.15, 0.2) is 0 Å². The summed E-state index contributed by atoms with van der Waals surface area (Å²) in [5, 5.41) is 2.56. The number of carbonyl (C=O) groups is 2. The molecule has 5 nitrogen and oxygen atoms in total. The fourth-order valence-corrected chi connectivity index (χ4v) is 2.65. The van der Waals surface area contributed by atoms with Gasteiger partial charge in [0.05, 0.1) is 24.4 Å². The van der Waals surface area contributed by atoms with E-state index in [1.165, 1.54) is 12.1 Å². The molecule has 2 amide bonds. The molecule has 1 atom stereocenters. The number of carbonyl (C=O) groups excluding carboxylic acids is 2. The standard InChI is InChI=1S/C17H17FN2O3/c1-11-4-5-15(14(18)7-11)19-17(22)12-8-16(21)20(9-12)10-13-3-2-6-23-13/h2-7,12H,8-10H2,1H3,(H,19,22). The summed E-state index contributed by atoms with van der Waals surface area (Å²) in [4.78, 5) is 25.9. The highest BCUT2D eigenvalue weighted by Crippen LogP contribution is 2.23. The first-order chi connectivity index (χ1) is 11.0. The first-order valence-corrected chi connectivity index (χ1v) is 7.40. The van der Waals surface area contributed by atoms with E-state index in [-0.39, 0.29) is 23.9 Å². The SMILES string of the molecule is Cc1ccc(NC(=O)C2CC(=O)N(Cc3ccco3)C2)c(F)c1. The number of rotatable bonds is 4. The Morgan fingerprint density at radius 3 is 2.96 bits per heavy atom. The Balaban J connectivity index is 1.63. The number of halogens is 1. The molecule has 1 N–H and O–H groups in total. The van der Waals surface area contributed by atoms with Crippen LogP contribution in [-0.4, -0.2) is 23.3 Å². The summed E-state index contributed by atoms with van der Waals surface area (Å²) in [5.41, 5.74) is 0.915. The van der Waals surface area contributed by atoms with E-state index in [1.807, 2.05) is 0 Å². The van der Waals surface area contributed by atoms with Gasteiger partial charge in [-0.25, -0.2) is 4.39 Å². The van der Waals surface area contributed by atoms with Crippen LogP contribution in [0, 0.1) is 18.7 Å². The normalized spacial score (nSPS) is 17.6. The Morgan fingerprint density at radius 2 is 2.26 bits per heavy atom. The highest BCUT2D eigenvalue weighted by atomic mass is 19.1. The Bertz CT molecular complexity index is 727. The molecule has 120 valence electrons. The molecule has 1 aromatic heterocycles. The van der Waals surface area contributed by atoms with Crippen molar-refractivity contribution in [3.63, 3.8) is 0 Å². The highest BCUT2D eigenvalue weighted by Gasteiger charge is 2.34. The predicted octanol–water partition coefficient (Wildman–Crippen LogP) is 2.71. The van der Waals surface area contributed by atoms with E-state index in [4.69, 9.17) is 4.42 Å². The Labute approximate surface area is 133 Å². The van der Waals surface area contributed by atoms with Crippen molar-refractivity contribution in [3.05, 3.63) is 53.7 Å². The lowest BCUT2D eigenvalue weighted by Crippen LogP contribution is -2.28. The molecule has 1 aliphatic rings. The maximum atomic E-state index is 13.8. The minimum absolute atomic E-state index is 0.106. The van der Waals surface area contributed by atoms with Gasteiger partial charge in [0, 0.05) is 13.0 Å². The zero-order chi connectivity index (χ0) is 16.4. The molecule has 0 bridgehead atoms. The van der Waals surface area contributed by atoms with E-state index < -0.39 is 11.7 Å². The fraction of sp³-hybridized carbons (Fsp3) is 0.294. The lowest BCUT2D eigenvalue weighted by atomic mass is 10.1. The van der Waals surface area contributed by atoms with Crippen molar-refractivity contribution in [2.45, 2.75) is 19.9 Å². The molecule has 1 fully saturated rings. The minimum atomic E-state index is -0.488. The maximum absolute atomic E-state index is 13.8. The van der Waals surface area contributed by atoms with Crippen LogP contribution < -0.4 is 5.32 Å². The van der Waals surface area contributed by atoms with Crippen molar-refractivity contribution >= 4 is 17.5 Å². The number of nitrogens with one attached hydrogen (secondary N) is 1. The highest BCUT2D eigenvalue weighted by molar-refractivity contribution is 5.97. The van der Waals surface area contributed by atoms with Gasteiger partial charge in [0.1, 0.15) is 11.6 Å². The van der Waals surface area contributed by atoms with Gasteiger partial charge >= 0.3 is 0 Å². The summed E-state index contributed by atoms with van der Waals surface area (Å²) in [6.07, 6.45) is 1.67. The van der Waals surface area contributed by atoms with E-state index in [2.05, 4.69) is 5.32 Å². The lowest BCUT2D eigenvalue weighted by Gasteiger charge is -2.15. The summed E-state index contributed by atoms with van der Waals surface area (Å²) in [6, 6.07) is 8.14. The average Bonchev–Trinajstić information content (AvgIpc) is 3.13. The molecule has 0 saturated carbocycles. The van der Waals surface area contributed by atoms with Crippen LogP contribution in [0.2, 0.25) is 0 Å². The molecule has 2 aromatic rings. The van der Waals surface area contributed by atoms with Crippen LogP contribution in [0.3, 0.4) is 0 Å². The summed E-state index contributed by atoms with van der Waals surface area (Å²) < 4.78 is 19.0. The van der Waals surface area contributed by atoms with Crippen molar-refractivity contribution in [2.75, 3.05) is 11.9 Å². The monoisotopic (exact) mass is 316 g/mol. The molecular formula is C17H17FN2O3. The molecule has 2 heterocycles. The Hall–Kier alpha value is -2.63. The quantitative estimate of drug-likeness (QED) is 0.943.